The second-order valence-electron chi connectivity index (χ2n) is 1.96. The van der Waals surface area contributed by atoms with Crippen LogP contribution in [0.3, 0.4) is 0 Å². The molecule has 1 rings (SSSR count). The van der Waals surface area contributed by atoms with E-state index in [0.29, 0.717) is 0 Å². The third-order valence-electron chi connectivity index (χ3n) is 1.08. The average molecular weight is 249 g/mol. The fourth-order valence-electron chi connectivity index (χ4n) is 0.620. The third-order valence-corrected chi connectivity index (χ3v) is 2.57. The maximum absolute atomic E-state index is 10.6. The summed E-state index contributed by atoms with van der Waals surface area (Å²) < 4.78 is 29.8. The SMILES string of the molecule is O=S(=O)(O)c1[c-]c(Cl)ccc1Cl.[Na+]. The van der Waals surface area contributed by atoms with E-state index in [9.17, 15) is 8.42 Å². The van der Waals surface area contributed by atoms with Gasteiger partial charge < -0.3 is 0 Å². The molecule has 13 heavy (non-hydrogen) atoms. The standard InChI is InChI=1S/C6H3Cl2O3S.Na/c7-4-1-2-5(8)6(3-4)12(9,10)11;/h1-2H,(H,9,10,11);/q-1;+1. The van der Waals surface area contributed by atoms with E-state index in [1.807, 2.05) is 0 Å². The fraction of sp³-hybridized carbons (Fsp3) is 0. The number of hydrogen-bond donors (Lipinski definition) is 1. The van der Waals surface area contributed by atoms with Gasteiger partial charge in [0.05, 0.1) is 0 Å². The first-order valence-corrected chi connectivity index (χ1v) is 4.95. The van der Waals surface area contributed by atoms with Gasteiger partial charge >= 0.3 is 29.6 Å². The van der Waals surface area contributed by atoms with Gasteiger partial charge in [0.1, 0.15) is 0 Å². The van der Waals surface area contributed by atoms with Gasteiger partial charge in [-0.1, -0.05) is 5.02 Å². The number of rotatable bonds is 1. The Morgan fingerprint density at radius 3 is 2.23 bits per heavy atom. The van der Waals surface area contributed by atoms with E-state index >= 15 is 0 Å². The summed E-state index contributed by atoms with van der Waals surface area (Å²) in [6.07, 6.45) is 0. The van der Waals surface area contributed by atoms with Crippen molar-refractivity contribution in [2.75, 3.05) is 0 Å². The van der Waals surface area contributed by atoms with Crippen LogP contribution in [0.2, 0.25) is 10.0 Å². The molecular formula is C6H3Cl2NaO3S. The first-order valence-electron chi connectivity index (χ1n) is 2.76. The Bertz CT molecular complexity index is 404. The first-order chi connectivity index (χ1) is 5.41. The normalized spacial score (nSPS) is 10.7. The zero-order chi connectivity index (χ0) is 9.35. The molecule has 0 heterocycles. The van der Waals surface area contributed by atoms with Gasteiger partial charge in [-0.3, -0.25) is 4.55 Å². The second-order valence-corrected chi connectivity index (χ2v) is 4.13. The van der Waals surface area contributed by atoms with Crippen molar-refractivity contribution in [3.8, 4) is 0 Å². The molecule has 0 unspecified atom stereocenters. The third kappa shape index (κ3) is 3.75. The fourth-order valence-corrected chi connectivity index (χ4v) is 1.79. The maximum Gasteiger partial charge on any atom is 1.00 e. The summed E-state index contributed by atoms with van der Waals surface area (Å²) >= 11 is 10.9. The number of hydrogen-bond acceptors (Lipinski definition) is 2. The molecule has 1 N–H and O–H groups in total. The van der Waals surface area contributed by atoms with Crippen molar-refractivity contribution >= 4 is 33.3 Å². The van der Waals surface area contributed by atoms with Crippen LogP contribution >= 0.6 is 23.2 Å². The zero-order valence-electron chi connectivity index (χ0n) is 6.58. The molecule has 0 aliphatic heterocycles. The largest absolute Gasteiger partial charge is 1.00 e. The van der Waals surface area contributed by atoms with Gasteiger partial charge in [-0.05, 0) is 5.02 Å². The van der Waals surface area contributed by atoms with Crippen LogP contribution in [0, 0.1) is 6.07 Å². The van der Waals surface area contributed by atoms with Crippen molar-refractivity contribution in [2.45, 2.75) is 4.90 Å². The summed E-state index contributed by atoms with van der Waals surface area (Å²) in [5.41, 5.74) is 0. The van der Waals surface area contributed by atoms with Crippen molar-refractivity contribution in [3.63, 3.8) is 0 Å². The quantitative estimate of drug-likeness (QED) is 0.396. The molecule has 0 bridgehead atoms. The summed E-state index contributed by atoms with van der Waals surface area (Å²) in [6.45, 7) is 0. The molecule has 7 heteroatoms. The van der Waals surface area contributed by atoms with Gasteiger partial charge in [-0.2, -0.15) is 32.2 Å². The van der Waals surface area contributed by atoms with Crippen LogP contribution in [0.25, 0.3) is 0 Å². The summed E-state index contributed by atoms with van der Waals surface area (Å²) in [6, 6.07) is 4.85. The molecule has 3 nitrogen and oxygen atoms in total. The molecule has 0 saturated carbocycles. The molecule has 0 spiro atoms. The van der Waals surface area contributed by atoms with Gasteiger partial charge in [-0.25, -0.2) is 0 Å². The van der Waals surface area contributed by atoms with Crippen LogP contribution in [0.4, 0.5) is 0 Å². The van der Waals surface area contributed by atoms with Crippen molar-refractivity contribution in [2.24, 2.45) is 0 Å². The van der Waals surface area contributed by atoms with Crippen LogP contribution < -0.4 is 29.6 Å². The van der Waals surface area contributed by atoms with Crippen LogP contribution in [-0.2, 0) is 10.1 Å². The van der Waals surface area contributed by atoms with Gasteiger partial charge in [0.2, 0.25) is 0 Å². The Morgan fingerprint density at radius 2 is 1.85 bits per heavy atom. The molecule has 0 amide bonds. The maximum atomic E-state index is 10.6. The monoisotopic (exact) mass is 248 g/mol. The van der Waals surface area contributed by atoms with Crippen molar-refractivity contribution in [3.05, 3.63) is 28.2 Å². The Labute approximate surface area is 108 Å². The smallest absolute Gasteiger partial charge is 0.283 e. The predicted octanol–water partition coefficient (Wildman–Crippen LogP) is -0.956. The number of halogens is 2. The van der Waals surface area contributed by atoms with Crippen molar-refractivity contribution < 1.29 is 42.5 Å². The minimum absolute atomic E-state index is 0. The summed E-state index contributed by atoms with van der Waals surface area (Å²) in [5.74, 6) is 0. The van der Waals surface area contributed by atoms with Gasteiger partial charge in [-0.15, -0.1) is 17.7 Å². The van der Waals surface area contributed by atoms with Gasteiger partial charge in [0.15, 0.2) is 0 Å². The summed E-state index contributed by atoms with van der Waals surface area (Å²) in [4.78, 5) is -0.503. The van der Waals surface area contributed by atoms with Crippen LogP contribution in [-0.4, -0.2) is 13.0 Å². The van der Waals surface area contributed by atoms with Crippen LogP contribution in [0.15, 0.2) is 17.0 Å². The molecule has 1 aromatic carbocycles. The zero-order valence-corrected chi connectivity index (χ0v) is 10.9. The molecule has 0 aliphatic carbocycles. The van der Waals surface area contributed by atoms with E-state index in [2.05, 4.69) is 6.07 Å². The summed E-state index contributed by atoms with van der Waals surface area (Å²) in [7, 11) is -4.33. The van der Waals surface area contributed by atoms with Crippen LogP contribution in [0.5, 0.6) is 0 Å². The van der Waals surface area contributed by atoms with Gasteiger partial charge in [0, 0.05) is 4.90 Å². The topological polar surface area (TPSA) is 54.4 Å². The molecule has 0 saturated heterocycles. The Morgan fingerprint density at radius 1 is 1.31 bits per heavy atom. The average Bonchev–Trinajstić information content (AvgIpc) is 1.92. The van der Waals surface area contributed by atoms with E-state index in [-0.39, 0.29) is 39.6 Å². The molecular weight excluding hydrogens is 246 g/mol. The molecule has 0 radical (unpaired) electrons. The molecule has 66 valence electrons. The van der Waals surface area contributed by atoms with Crippen molar-refractivity contribution in [1.29, 1.82) is 0 Å². The van der Waals surface area contributed by atoms with Crippen LogP contribution in [0.1, 0.15) is 0 Å². The van der Waals surface area contributed by atoms with E-state index in [1.54, 1.807) is 0 Å². The Hall–Kier alpha value is 0.710. The first kappa shape index (κ1) is 13.7. The summed E-state index contributed by atoms with van der Waals surface area (Å²) in [5, 5.41) is -0.0334. The van der Waals surface area contributed by atoms with E-state index in [4.69, 9.17) is 27.8 Å². The van der Waals surface area contributed by atoms with Gasteiger partial charge in [0.25, 0.3) is 10.1 Å². The second kappa shape index (κ2) is 4.98. The predicted molar refractivity (Wildman–Crippen MR) is 45.1 cm³/mol. The number of benzene rings is 1. The molecule has 0 atom stereocenters. The van der Waals surface area contributed by atoms with Crippen molar-refractivity contribution in [1.82, 2.24) is 0 Å². The minimum atomic E-state index is -4.33. The molecule has 0 aromatic heterocycles. The minimum Gasteiger partial charge on any atom is -0.283 e. The molecule has 1 aromatic rings. The van der Waals surface area contributed by atoms with E-state index < -0.39 is 15.0 Å². The molecule has 0 fully saturated rings. The van der Waals surface area contributed by atoms with E-state index in [1.165, 1.54) is 12.1 Å². The Balaban J connectivity index is 0.00000144. The Kier molecular flexibility index (Phi) is 5.25. The molecule has 0 aliphatic rings. The van der Waals surface area contributed by atoms with E-state index in [0.717, 1.165) is 0 Å².